The molecule has 28 heavy (non-hydrogen) atoms. The molecule has 0 spiro atoms. The summed E-state index contributed by atoms with van der Waals surface area (Å²) in [7, 11) is 0. The lowest BCUT2D eigenvalue weighted by molar-refractivity contribution is -0.160. The average molecular weight is 407 g/mol. The fourth-order valence-electron chi connectivity index (χ4n) is 3.28. The van der Waals surface area contributed by atoms with E-state index in [4.69, 9.17) is 10.2 Å². The molecule has 7 heteroatoms. The molecule has 2 unspecified atom stereocenters. The van der Waals surface area contributed by atoms with E-state index in [0.29, 0.717) is 22.9 Å². The van der Waals surface area contributed by atoms with Gasteiger partial charge in [0.05, 0.1) is 11.7 Å². The first-order chi connectivity index (χ1) is 13.3. The first kappa shape index (κ1) is 21.1. The number of hydrogen-bond acceptors (Lipinski definition) is 6. The molecule has 1 aliphatic carbocycles. The molecule has 0 radical (unpaired) electrons. The molecule has 1 aliphatic rings. The van der Waals surface area contributed by atoms with Crippen molar-refractivity contribution in [1.82, 2.24) is 4.98 Å². The Bertz CT molecular complexity index is 818. The van der Waals surface area contributed by atoms with Crippen LogP contribution in [0.3, 0.4) is 0 Å². The van der Waals surface area contributed by atoms with Gasteiger partial charge in [0.2, 0.25) is 0 Å². The molecule has 1 fully saturated rings. The minimum absolute atomic E-state index is 0.148. The summed E-state index contributed by atoms with van der Waals surface area (Å²) in [5.41, 5.74) is 5.23. The van der Waals surface area contributed by atoms with E-state index in [1.165, 1.54) is 12.8 Å². The van der Waals surface area contributed by atoms with Crippen LogP contribution >= 0.6 is 11.8 Å². The number of furan rings is 1. The molecule has 4 N–H and O–H groups in total. The Morgan fingerprint density at radius 2 is 2.18 bits per heavy atom. The van der Waals surface area contributed by atoms with Crippen LogP contribution in [0, 0.1) is 11.8 Å². The van der Waals surface area contributed by atoms with Gasteiger partial charge < -0.3 is 20.4 Å². The number of rotatable bonds is 11. The molecule has 0 aliphatic heterocycles. The van der Waals surface area contributed by atoms with E-state index < -0.39 is 17.6 Å². The summed E-state index contributed by atoms with van der Waals surface area (Å²) in [4.78, 5) is 16.2. The second-order valence-corrected chi connectivity index (χ2v) is 9.38. The fourth-order valence-corrected chi connectivity index (χ4v) is 4.41. The first-order valence-corrected chi connectivity index (χ1v) is 11.1. The Kier molecular flexibility index (Phi) is 6.68. The summed E-state index contributed by atoms with van der Waals surface area (Å²) in [6.07, 6.45) is 6.02. The van der Waals surface area contributed by atoms with Crippen molar-refractivity contribution in [3.63, 3.8) is 0 Å². The van der Waals surface area contributed by atoms with Crippen LogP contribution in [0.2, 0.25) is 0 Å². The van der Waals surface area contributed by atoms with Gasteiger partial charge in [0.1, 0.15) is 11.3 Å². The molecule has 2 aromatic rings. The Morgan fingerprint density at radius 1 is 1.43 bits per heavy atom. The van der Waals surface area contributed by atoms with Crippen LogP contribution < -0.4 is 5.73 Å². The maximum absolute atomic E-state index is 11.9. The summed E-state index contributed by atoms with van der Waals surface area (Å²) < 4.78 is 5.91. The van der Waals surface area contributed by atoms with Crippen molar-refractivity contribution in [3.8, 4) is 0 Å². The number of carbonyl (C=O) groups is 1. The first-order valence-electron chi connectivity index (χ1n) is 9.95. The monoisotopic (exact) mass is 406 g/mol. The van der Waals surface area contributed by atoms with E-state index in [9.17, 15) is 15.0 Å². The highest BCUT2D eigenvalue weighted by molar-refractivity contribution is 7.99. The lowest BCUT2D eigenvalue weighted by Crippen LogP contribution is -2.57. The van der Waals surface area contributed by atoms with Crippen LogP contribution in [0.15, 0.2) is 22.7 Å². The Morgan fingerprint density at radius 3 is 2.82 bits per heavy atom. The number of aliphatic hydroxyl groups is 1. The molecule has 0 bridgehead atoms. The van der Waals surface area contributed by atoms with Crippen molar-refractivity contribution < 1.29 is 19.4 Å². The molecular weight excluding hydrogens is 376 g/mol. The standard InChI is InChI=1S/C21H30N2O4S/c1-13(2)11-28-12-19(22)21(26,20(24)25)10-17-16-9-15(6-5-14-3-4-14)27-18(16)7-8-23-17/h7-9,13-14,19,26H,3-6,10-12,22H2,1-2H3,(H,24,25). The molecular formula is C21H30N2O4S. The Balaban J connectivity index is 1.77. The van der Waals surface area contributed by atoms with E-state index >= 15 is 0 Å². The summed E-state index contributed by atoms with van der Waals surface area (Å²) in [6, 6.07) is 2.81. The minimum atomic E-state index is -2.07. The van der Waals surface area contributed by atoms with Crippen molar-refractivity contribution in [2.45, 2.75) is 57.6 Å². The van der Waals surface area contributed by atoms with Gasteiger partial charge in [0.15, 0.2) is 5.60 Å². The normalized spacial score (nSPS) is 17.8. The van der Waals surface area contributed by atoms with Crippen molar-refractivity contribution in [1.29, 1.82) is 0 Å². The molecule has 3 rings (SSSR count). The third-order valence-electron chi connectivity index (χ3n) is 5.24. The minimum Gasteiger partial charge on any atom is -0.479 e. The third-order valence-corrected chi connectivity index (χ3v) is 6.74. The van der Waals surface area contributed by atoms with Crippen molar-refractivity contribution >= 4 is 28.7 Å². The van der Waals surface area contributed by atoms with Crippen LogP contribution in [0.25, 0.3) is 11.0 Å². The van der Waals surface area contributed by atoms with E-state index in [1.807, 2.05) is 6.07 Å². The highest BCUT2D eigenvalue weighted by Gasteiger charge is 2.43. The second kappa shape index (κ2) is 8.84. The van der Waals surface area contributed by atoms with E-state index in [2.05, 4.69) is 18.8 Å². The van der Waals surface area contributed by atoms with Crippen LogP contribution in [-0.4, -0.2) is 44.3 Å². The number of aliphatic carboxylic acids is 1. The van der Waals surface area contributed by atoms with Gasteiger partial charge in [-0.05, 0) is 36.1 Å². The predicted octanol–water partition coefficient (Wildman–Crippen LogP) is 3.25. The van der Waals surface area contributed by atoms with Crippen LogP contribution in [-0.2, 0) is 17.6 Å². The summed E-state index contributed by atoms with van der Waals surface area (Å²) >= 11 is 1.56. The zero-order chi connectivity index (χ0) is 20.3. The van der Waals surface area contributed by atoms with Gasteiger partial charge >= 0.3 is 5.97 Å². The lowest BCUT2D eigenvalue weighted by Gasteiger charge is -2.29. The van der Waals surface area contributed by atoms with Gasteiger partial charge in [-0.1, -0.05) is 26.7 Å². The predicted molar refractivity (Wildman–Crippen MR) is 111 cm³/mol. The Hall–Kier alpha value is -1.57. The van der Waals surface area contributed by atoms with Crippen molar-refractivity contribution in [3.05, 3.63) is 29.8 Å². The number of thioether (sulfide) groups is 1. The number of fused-ring (bicyclic) bond motifs is 1. The number of nitrogens with zero attached hydrogens (tertiary/aromatic N) is 1. The number of hydrogen-bond donors (Lipinski definition) is 3. The van der Waals surface area contributed by atoms with Gasteiger partial charge in [-0.15, -0.1) is 0 Å². The number of carboxylic acids is 1. The number of aryl methyl sites for hydroxylation is 1. The average Bonchev–Trinajstić information content (AvgIpc) is 3.37. The topological polar surface area (TPSA) is 110 Å². The third kappa shape index (κ3) is 5.07. The van der Waals surface area contributed by atoms with Crippen LogP contribution in [0.1, 0.15) is 44.6 Å². The summed E-state index contributed by atoms with van der Waals surface area (Å²) in [5, 5.41) is 21.4. The molecule has 0 saturated heterocycles. The molecule has 154 valence electrons. The highest BCUT2D eigenvalue weighted by Crippen LogP contribution is 2.34. The SMILES string of the molecule is CC(C)CSCC(N)C(O)(Cc1nccc2oc(CCC3CC3)cc12)C(=O)O. The molecule has 2 atom stereocenters. The van der Waals surface area contributed by atoms with Gasteiger partial charge in [0, 0.05) is 30.2 Å². The van der Waals surface area contributed by atoms with Crippen LogP contribution in [0.4, 0.5) is 0 Å². The quantitative estimate of drug-likeness (QED) is 0.525. The smallest absolute Gasteiger partial charge is 0.337 e. The summed E-state index contributed by atoms with van der Waals surface area (Å²) in [5.74, 6) is 2.08. The van der Waals surface area contributed by atoms with E-state index in [-0.39, 0.29) is 6.42 Å². The number of carboxylic acid groups (broad SMARTS) is 1. The molecule has 2 heterocycles. The zero-order valence-corrected chi connectivity index (χ0v) is 17.4. The summed E-state index contributed by atoms with van der Waals surface area (Å²) in [6.45, 7) is 4.18. The Labute approximate surface area is 169 Å². The number of nitrogens with two attached hydrogens (primary N) is 1. The van der Waals surface area contributed by atoms with Gasteiger partial charge in [-0.3, -0.25) is 4.98 Å². The fraction of sp³-hybridized carbons (Fsp3) is 0.619. The maximum Gasteiger partial charge on any atom is 0.337 e. The molecule has 0 aromatic carbocycles. The molecule has 1 saturated carbocycles. The van der Waals surface area contributed by atoms with Crippen molar-refractivity contribution in [2.24, 2.45) is 17.6 Å². The largest absolute Gasteiger partial charge is 0.479 e. The zero-order valence-electron chi connectivity index (χ0n) is 16.6. The second-order valence-electron chi connectivity index (χ2n) is 8.31. The molecule has 6 nitrogen and oxygen atoms in total. The molecule has 2 aromatic heterocycles. The van der Waals surface area contributed by atoms with E-state index in [1.54, 1.807) is 24.0 Å². The van der Waals surface area contributed by atoms with Crippen molar-refractivity contribution in [2.75, 3.05) is 11.5 Å². The lowest BCUT2D eigenvalue weighted by atomic mass is 9.89. The van der Waals surface area contributed by atoms with Gasteiger partial charge in [-0.25, -0.2) is 4.79 Å². The maximum atomic E-state index is 11.9. The number of aromatic nitrogens is 1. The van der Waals surface area contributed by atoms with Gasteiger partial charge in [0.25, 0.3) is 0 Å². The van der Waals surface area contributed by atoms with Crippen LogP contribution in [0.5, 0.6) is 0 Å². The molecule has 0 amide bonds. The van der Waals surface area contributed by atoms with Gasteiger partial charge in [-0.2, -0.15) is 11.8 Å². The number of pyridine rings is 1. The highest BCUT2D eigenvalue weighted by atomic mass is 32.2. The van der Waals surface area contributed by atoms with E-state index in [0.717, 1.165) is 35.7 Å².